The van der Waals surface area contributed by atoms with Gasteiger partial charge in [0.2, 0.25) is 11.8 Å². The molecule has 0 unspecified atom stereocenters. The lowest BCUT2D eigenvalue weighted by atomic mass is 10.3. The Kier molecular flexibility index (Phi) is 4.31. The van der Waals surface area contributed by atoms with Gasteiger partial charge in [-0.15, -0.1) is 0 Å². The molecule has 1 aliphatic heterocycles. The highest BCUT2D eigenvalue weighted by molar-refractivity contribution is 5.57. The number of likely N-dealkylation sites (N-methyl/N-ethyl adjacent to an activating group) is 1. The Balaban J connectivity index is 1.67. The van der Waals surface area contributed by atoms with Crippen LogP contribution in [0, 0.1) is 0 Å². The van der Waals surface area contributed by atoms with Crippen LogP contribution in [0.2, 0.25) is 0 Å². The molecule has 0 spiro atoms. The molecule has 11 heteroatoms. The summed E-state index contributed by atoms with van der Waals surface area (Å²) in [7, 11) is 2.12. The molecule has 3 aromatic rings. The molecule has 0 radical (unpaired) electrons. The van der Waals surface area contributed by atoms with Crippen LogP contribution in [0.25, 0.3) is 11.7 Å². The Hall–Kier alpha value is -3.21. The third-order valence-electron chi connectivity index (χ3n) is 5.25. The zero-order chi connectivity index (χ0) is 20.0. The van der Waals surface area contributed by atoms with Crippen molar-refractivity contribution in [1.29, 1.82) is 0 Å². The van der Waals surface area contributed by atoms with Gasteiger partial charge in [-0.3, -0.25) is 4.98 Å². The van der Waals surface area contributed by atoms with Crippen LogP contribution in [0.4, 0.5) is 5.95 Å². The molecular formula is C18H23N9O2. The van der Waals surface area contributed by atoms with Crippen LogP contribution >= 0.6 is 0 Å². The lowest BCUT2D eigenvalue weighted by Gasteiger charge is -2.20. The number of hydrogen-bond acceptors (Lipinski definition) is 8. The van der Waals surface area contributed by atoms with Gasteiger partial charge in [-0.05, 0) is 38.9 Å². The van der Waals surface area contributed by atoms with E-state index in [1.165, 1.54) is 0 Å². The highest BCUT2D eigenvalue weighted by Gasteiger charge is 2.22. The number of aromatic nitrogens is 6. The lowest BCUT2D eigenvalue weighted by molar-refractivity contribution is 0.360. The third kappa shape index (κ3) is 3.60. The van der Waals surface area contributed by atoms with Crippen molar-refractivity contribution >= 4 is 17.7 Å². The van der Waals surface area contributed by atoms with E-state index in [0.717, 1.165) is 45.4 Å². The summed E-state index contributed by atoms with van der Waals surface area (Å²) in [6.45, 7) is 3.71. The minimum absolute atomic E-state index is 0.220. The second kappa shape index (κ2) is 6.99. The van der Waals surface area contributed by atoms with E-state index in [1.807, 2.05) is 0 Å². The summed E-state index contributed by atoms with van der Waals surface area (Å²) in [5.41, 5.74) is 0.936. The summed E-state index contributed by atoms with van der Waals surface area (Å²) in [4.78, 5) is 35.0. The van der Waals surface area contributed by atoms with Gasteiger partial charge in [0, 0.05) is 24.9 Å². The summed E-state index contributed by atoms with van der Waals surface area (Å²) in [6.07, 6.45) is 6.45. The highest BCUT2D eigenvalue weighted by Crippen LogP contribution is 2.22. The van der Waals surface area contributed by atoms with Gasteiger partial charge in [-0.2, -0.15) is 19.6 Å². The van der Waals surface area contributed by atoms with Crippen molar-refractivity contribution in [2.45, 2.75) is 25.3 Å². The predicted molar refractivity (Wildman–Crippen MR) is 106 cm³/mol. The summed E-state index contributed by atoms with van der Waals surface area (Å²) >= 11 is 0. The number of fused-ring (bicyclic) bond motifs is 1. The molecule has 5 rings (SSSR count). The van der Waals surface area contributed by atoms with Gasteiger partial charge in [0.1, 0.15) is 5.69 Å². The number of imidazole rings is 1. The van der Waals surface area contributed by atoms with Crippen LogP contribution < -0.4 is 21.4 Å². The summed E-state index contributed by atoms with van der Waals surface area (Å²) < 4.78 is 1.62. The van der Waals surface area contributed by atoms with Crippen LogP contribution in [-0.2, 0) is 0 Å². The smallest absolute Gasteiger partial charge is 0.326 e. The molecule has 1 aliphatic carbocycles. The second-order valence-corrected chi connectivity index (χ2v) is 7.65. The first-order valence-electron chi connectivity index (χ1n) is 9.83. The molecule has 4 heterocycles. The molecule has 3 aromatic heterocycles. The minimum Gasteiger partial charge on any atom is -0.493 e. The topological polar surface area (TPSA) is 131 Å². The maximum absolute atomic E-state index is 11.4. The Bertz CT molecular complexity index is 1220. The predicted octanol–water partition coefficient (Wildman–Crippen LogP) is -1.40. The van der Waals surface area contributed by atoms with E-state index in [9.17, 15) is 9.90 Å². The van der Waals surface area contributed by atoms with Crippen molar-refractivity contribution in [3.8, 4) is 5.88 Å². The molecule has 3 N–H and O–H groups in total. The normalized spacial score (nSPS) is 20.0. The first-order valence-corrected chi connectivity index (χ1v) is 9.83. The number of anilines is 1. The number of H-pyrrole nitrogens is 2. The van der Waals surface area contributed by atoms with Gasteiger partial charge < -0.3 is 19.9 Å². The Morgan fingerprint density at radius 2 is 2.07 bits per heavy atom. The van der Waals surface area contributed by atoms with Crippen molar-refractivity contribution in [3.63, 3.8) is 0 Å². The zero-order valence-electron chi connectivity index (χ0n) is 16.2. The molecule has 152 valence electrons. The van der Waals surface area contributed by atoms with Crippen LogP contribution in [-0.4, -0.2) is 78.8 Å². The summed E-state index contributed by atoms with van der Waals surface area (Å²) in [5.74, 6) is 0.413. The monoisotopic (exact) mass is 397 g/mol. The standard InChI is InChI=1S/C18H23N9O2/c1-25-5-2-6-26(8-7-25)16-22-14-11(9-13-15(28)23-18(29)21-13)10-19-27(14)17(24-16)20-12-3-4-12/h9-10,12,28H,2-8H2,1H3,(H2,21,23,29)/b11-9-,20-17?. The fourth-order valence-corrected chi connectivity index (χ4v) is 3.46. The van der Waals surface area contributed by atoms with E-state index < -0.39 is 5.69 Å². The zero-order valence-corrected chi connectivity index (χ0v) is 16.2. The fraction of sp³-hybridized carbons (Fsp3) is 0.500. The minimum atomic E-state index is -0.473. The Labute approximate surface area is 165 Å². The molecule has 1 saturated carbocycles. The van der Waals surface area contributed by atoms with Gasteiger partial charge in [0.15, 0.2) is 5.65 Å². The molecule has 0 aromatic carbocycles. The average molecular weight is 397 g/mol. The molecule has 0 atom stereocenters. The largest absolute Gasteiger partial charge is 0.493 e. The van der Waals surface area contributed by atoms with Crippen LogP contribution in [0.5, 0.6) is 5.88 Å². The van der Waals surface area contributed by atoms with Crippen LogP contribution in [0.1, 0.15) is 25.0 Å². The van der Waals surface area contributed by atoms with E-state index in [0.29, 0.717) is 22.4 Å². The molecule has 2 fully saturated rings. The van der Waals surface area contributed by atoms with Crippen molar-refractivity contribution < 1.29 is 5.11 Å². The number of nitrogens with one attached hydrogen (secondary N) is 2. The maximum atomic E-state index is 11.4. The van der Waals surface area contributed by atoms with Crippen LogP contribution in [0.15, 0.2) is 16.0 Å². The highest BCUT2D eigenvalue weighted by atomic mass is 16.3. The van der Waals surface area contributed by atoms with E-state index in [4.69, 9.17) is 15.0 Å². The molecule has 0 amide bonds. The van der Waals surface area contributed by atoms with Gasteiger partial charge in [-0.25, -0.2) is 9.79 Å². The van der Waals surface area contributed by atoms with E-state index in [1.54, 1.807) is 16.8 Å². The van der Waals surface area contributed by atoms with Gasteiger partial charge in [0.05, 0.1) is 12.2 Å². The number of hydrogen-bond donors (Lipinski definition) is 3. The van der Waals surface area contributed by atoms with E-state index in [2.05, 4.69) is 31.9 Å². The number of aromatic hydroxyl groups is 1. The molecule has 11 nitrogen and oxygen atoms in total. The first kappa shape index (κ1) is 17.9. The third-order valence-corrected chi connectivity index (χ3v) is 5.25. The van der Waals surface area contributed by atoms with Gasteiger partial charge >= 0.3 is 5.69 Å². The van der Waals surface area contributed by atoms with Gasteiger partial charge in [0.25, 0.3) is 5.62 Å². The Morgan fingerprint density at radius 3 is 2.83 bits per heavy atom. The van der Waals surface area contributed by atoms with Crippen molar-refractivity contribution in [3.05, 3.63) is 33.2 Å². The lowest BCUT2D eigenvalue weighted by Crippen LogP contribution is -2.34. The number of aromatic amines is 2. The molecule has 0 bridgehead atoms. The molecule has 1 saturated heterocycles. The molecule has 29 heavy (non-hydrogen) atoms. The first-order chi connectivity index (χ1) is 14.1. The summed E-state index contributed by atoms with van der Waals surface area (Å²) in [5, 5.41) is 15.0. The van der Waals surface area contributed by atoms with Crippen molar-refractivity contribution in [1.82, 2.24) is 34.4 Å². The Morgan fingerprint density at radius 1 is 1.21 bits per heavy atom. The quantitative estimate of drug-likeness (QED) is 0.495. The van der Waals surface area contributed by atoms with E-state index >= 15 is 0 Å². The maximum Gasteiger partial charge on any atom is 0.326 e. The SMILES string of the molecule is CN1CCCN(c2nc(=NC3CC3)n3nc/c(=C/c4[nH]c(=O)[nH]c4O)c3n2)CC1. The fourth-order valence-electron chi connectivity index (χ4n) is 3.46. The number of rotatable bonds is 3. The molecule has 2 aliphatic rings. The molecular weight excluding hydrogens is 374 g/mol. The van der Waals surface area contributed by atoms with E-state index in [-0.39, 0.29) is 17.6 Å². The number of nitrogens with zero attached hydrogens (tertiary/aromatic N) is 7. The van der Waals surface area contributed by atoms with Crippen molar-refractivity contribution in [2.24, 2.45) is 4.99 Å². The van der Waals surface area contributed by atoms with Crippen molar-refractivity contribution in [2.75, 3.05) is 38.1 Å². The summed E-state index contributed by atoms with van der Waals surface area (Å²) in [6, 6.07) is 0.290. The second-order valence-electron chi connectivity index (χ2n) is 7.65. The van der Waals surface area contributed by atoms with Gasteiger partial charge in [-0.1, -0.05) is 0 Å². The van der Waals surface area contributed by atoms with Crippen LogP contribution in [0.3, 0.4) is 0 Å². The average Bonchev–Trinajstić information content (AvgIpc) is 3.38.